The molecule has 266 valence electrons. The molecular formula is C40H53NO8. The van der Waals surface area contributed by atoms with Crippen molar-refractivity contribution in [1.29, 1.82) is 0 Å². The van der Waals surface area contributed by atoms with Gasteiger partial charge in [-0.25, -0.2) is 4.79 Å². The molecule has 3 aromatic rings. The molecule has 1 amide bonds. The van der Waals surface area contributed by atoms with Crippen LogP contribution in [0.5, 0.6) is 17.2 Å². The van der Waals surface area contributed by atoms with Crippen molar-refractivity contribution < 1.29 is 38.3 Å². The summed E-state index contributed by atoms with van der Waals surface area (Å²) < 4.78 is 28.2. The zero-order valence-corrected chi connectivity index (χ0v) is 29.8. The fourth-order valence-electron chi connectivity index (χ4n) is 6.04. The predicted octanol–water partition coefficient (Wildman–Crippen LogP) is 8.60. The third-order valence-corrected chi connectivity index (χ3v) is 8.74. The Kier molecular flexibility index (Phi) is 14.8. The standard InChI is InChI=1S/C40H53NO8/c1-7-31-15-14-30(26-37(31)47-25-10-22-43-5)28-48-49-39(42)41-21-20-33(27-38(41)40(2,3)4)32-16-18-35(19-17-32)46-24-11-23-45-29-34-12-8-9-13-36(34)44-6/h7-9,12-19,26,33,38H,1,10-11,20-25,27-29H2,2-6H3. The third kappa shape index (κ3) is 11.5. The number of amides is 1. The van der Waals surface area contributed by atoms with Crippen molar-refractivity contribution in [3.8, 4) is 17.2 Å². The number of nitrogens with zero attached hydrogens (tertiary/aromatic N) is 1. The maximum Gasteiger partial charge on any atom is 0.441 e. The number of para-hydroxylation sites is 1. The second kappa shape index (κ2) is 19.2. The normalized spacial score (nSPS) is 16.2. The van der Waals surface area contributed by atoms with Crippen LogP contribution in [0.25, 0.3) is 6.08 Å². The lowest BCUT2D eigenvalue weighted by Gasteiger charge is -2.45. The molecule has 49 heavy (non-hydrogen) atoms. The van der Waals surface area contributed by atoms with Crippen molar-refractivity contribution in [2.75, 3.05) is 47.2 Å². The lowest BCUT2D eigenvalue weighted by Crippen LogP contribution is -2.51. The minimum Gasteiger partial charge on any atom is -0.496 e. The van der Waals surface area contributed by atoms with Gasteiger partial charge in [0.2, 0.25) is 0 Å². The summed E-state index contributed by atoms with van der Waals surface area (Å²) in [6.07, 6.45) is 4.51. The van der Waals surface area contributed by atoms with E-state index in [0.717, 1.165) is 53.9 Å². The highest BCUT2D eigenvalue weighted by atomic mass is 17.2. The van der Waals surface area contributed by atoms with Crippen molar-refractivity contribution in [2.24, 2.45) is 5.41 Å². The van der Waals surface area contributed by atoms with E-state index in [2.05, 4.69) is 39.5 Å². The van der Waals surface area contributed by atoms with Crippen LogP contribution in [0.4, 0.5) is 4.79 Å². The first-order valence-corrected chi connectivity index (χ1v) is 17.1. The number of likely N-dealkylation sites (tertiary alicyclic amines) is 1. The lowest BCUT2D eigenvalue weighted by molar-refractivity contribution is -0.258. The summed E-state index contributed by atoms with van der Waals surface area (Å²) in [6, 6.07) is 21.9. The number of carbonyl (C=O) groups excluding carboxylic acids is 1. The van der Waals surface area contributed by atoms with Crippen LogP contribution >= 0.6 is 0 Å². The van der Waals surface area contributed by atoms with Gasteiger partial charge >= 0.3 is 6.09 Å². The summed E-state index contributed by atoms with van der Waals surface area (Å²) in [5.41, 5.74) is 3.85. The van der Waals surface area contributed by atoms with Crippen LogP contribution in [0.15, 0.2) is 73.3 Å². The SMILES string of the molecule is C=Cc1ccc(COOC(=O)N2CCC(c3ccc(OCCCOCc4ccccc4OC)cc3)CC2C(C)(C)C)cc1OCCCOC. The second-order valence-electron chi connectivity index (χ2n) is 13.3. The molecule has 0 saturated carbocycles. The highest BCUT2D eigenvalue weighted by Crippen LogP contribution is 2.39. The molecule has 0 spiro atoms. The summed E-state index contributed by atoms with van der Waals surface area (Å²) in [5.74, 6) is 2.70. The van der Waals surface area contributed by atoms with Crippen molar-refractivity contribution >= 4 is 12.2 Å². The number of carbonyl (C=O) groups is 1. The van der Waals surface area contributed by atoms with Gasteiger partial charge in [-0.05, 0) is 59.6 Å². The quantitative estimate of drug-likeness (QED) is 0.0753. The first-order valence-electron chi connectivity index (χ1n) is 17.1. The van der Waals surface area contributed by atoms with E-state index in [0.29, 0.717) is 51.2 Å². The van der Waals surface area contributed by atoms with Crippen molar-refractivity contribution in [3.05, 3.63) is 95.6 Å². The average Bonchev–Trinajstić information content (AvgIpc) is 3.11. The van der Waals surface area contributed by atoms with Crippen LogP contribution < -0.4 is 14.2 Å². The highest BCUT2D eigenvalue weighted by Gasteiger charge is 2.40. The fraction of sp³-hybridized carbons (Fsp3) is 0.475. The van der Waals surface area contributed by atoms with E-state index in [4.69, 9.17) is 33.5 Å². The summed E-state index contributed by atoms with van der Waals surface area (Å²) in [7, 11) is 3.34. The molecule has 4 rings (SSSR count). The third-order valence-electron chi connectivity index (χ3n) is 8.74. The predicted molar refractivity (Wildman–Crippen MR) is 191 cm³/mol. The van der Waals surface area contributed by atoms with Crippen molar-refractivity contribution in [3.63, 3.8) is 0 Å². The van der Waals surface area contributed by atoms with Gasteiger partial charge in [0.05, 0.1) is 33.5 Å². The molecule has 0 radical (unpaired) electrons. The molecule has 2 unspecified atom stereocenters. The van der Waals surface area contributed by atoms with Gasteiger partial charge in [0.25, 0.3) is 0 Å². The molecule has 2 atom stereocenters. The van der Waals surface area contributed by atoms with E-state index in [1.165, 1.54) is 5.56 Å². The summed E-state index contributed by atoms with van der Waals surface area (Å²) in [6.45, 7) is 13.9. The Morgan fingerprint density at radius 3 is 2.39 bits per heavy atom. The van der Waals surface area contributed by atoms with Gasteiger partial charge in [-0.1, -0.05) is 75.9 Å². The van der Waals surface area contributed by atoms with Gasteiger partial charge in [-0.3, -0.25) is 4.89 Å². The summed E-state index contributed by atoms with van der Waals surface area (Å²) >= 11 is 0. The lowest BCUT2D eigenvalue weighted by atomic mass is 9.75. The molecule has 1 aliphatic rings. The molecule has 9 nitrogen and oxygen atoms in total. The van der Waals surface area contributed by atoms with E-state index in [1.54, 1.807) is 20.3 Å². The van der Waals surface area contributed by atoms with Gasteiger partial charge in [0.15, 0.2) is 0 Å². The number of hydrogen-bond donors (Lipinski definition) is 0. The van der Waals surface area contributed by atoms with E-state index in [1.807, 2.05) is 59.5 Å². The number of ether oxygens (including phenoxy) is 5. The van der Waals surface area contributed by atoms with E-state index in [-0.39, 0.29) is 18.1 Å². The Labute approximate surface area is 292 Å². The zero-order valence-electron chi connectivity index (χ0n) is 29.8. The molecule has 0 N–H and O–H groups in total. The average molecular weight is 676 g/mol. The number of methoxy groups -OCH3 is 2. The summed E-state index contributed by atoms with van der Waals surface area (Å²) in [5, 5.41) is 0. The van der Waals surface area contributed by atoms with Gasteiger partial charge in [-0.15, -0.1) is 0 Å². The van der Waals surface area contributed by atoms with E-state index < -0.39 is 6.09 Å². The fourth-order valence-corrected chi connectivity index (χ4v) is 6.04. The van der Waals surface area contributed by atoms with Crippen LogP contribution in [0, 0.1) is 5.41 Å². The molecule has 0 bridgehead atoms. The maximum absolute atomic E-state index is 13.3. The van der Waals surface area contributed by atoms with Gasteiger partial charge < -0.3 is 28.6 Å². The second-order valence-corrected chi connectivity index (χ2v) is 13.3. The number of hydrogen-bond acceptors (Lipinski definition) is 8. The molecule has 0 aliphatic carbocycles. The molecule has 0 aromatic heterocycles. The minimum atomic E-state index is -0.465. The van der Waals surface area contributed by atoms with Crippen LogP contribution in [-0.2, 0) is 32.5 Å². The largest absolute Gasteiger partial charge is 0.496 e. The Hall–Kier alpha value is -4.05. The molecule has 1 heterocycles. The minimum absolute atomic E-state index is 0.0203. The monoisotopic (exact) mass is 675 g/mol. The molecule has 1 saturated heterocycles. The maximum atomic E-state index is 13.3. The Balaban J connectivity index is 1.23. The Bertz CT molecular complexity index is 1450. The first kappa shape index (κ1) is 37.8. The van der Waals surface area contributed by atoms with E-state index in [9.17, 15) is 4.79 Å². The molecular weight excluding hydrogens is 622 g/mol. The molecule has 1 aliphatic heterocycles. The Morgan fingerprint density at radius 1 is 0.898 bits per heavy atom. The van der Waals surface area contributed by atoms with Crippen LogP contribution in [-0.4, -0.2) is 64.2 Å². The highest BCUT2D eigenvalue weighted by molar-refractivity contribution is 5.67. The van der Waals surface area contributed by atoms with E-state index >= 15 is 0 Å². The number of benzene rings is 3. The number of piperidine rings is 1. The van der Waals surface area contributed by atoms with Crippen LogP contribution in [0.1, 0.15) is 74.6 Å². The van der Waals surface area contributed by atoms with Gasteiger partial charge in [-0.2, -0.15) is 4.89 Å². The van der Waals surface area contributed by atoms with Gasteiger partial charge in [0.1, 0.15) is 23.9 Å². The molecule has 1 fully saturated rings. The van der Waals surface area contributed by atoms with Crippen LogP contribution in [0.2, 0.25) is 0 Å². The molecule has 3 aromatic carbocycles. The van der Waals surface area contributed by atoms with Crippen LogP contribution in [0.3, 0.4) is 0 Å². The number of rotatable bonds is 18. The first-order chi connectivity index (χ1) is 23.7. The topological polar surface area (TPSA) is 84.9 Å². The van der Waals surface area contributed by atoms with Gasteiger partial charge in [0, 0.05) is 50.3 Å². The Morgan fingerprint density at radius 2 is 1.65 bits per heavy atom. The molecule has 9 heteroatoms. The summed E-state index contributed by atoms with van der Waals surface area (Å²) in [4.78, 5) is 25.9. The zero-order chi connectivity index (χ0) is 35.1. The smallest absolute Gasteiger partial charge is 0.441 e. The van der Waals surface area contributed by atoms with Crippen molar-refractivity contribution in [2.45, 2.75) is 71.6 Å². The van der Waals surface area contributed by atoms with Crippen molar-refractivity contribution in [1.82, 2.24) is 4.90 Å².